The van der Waals surface area contributed by atoms with Crippen LogP contribution in [0.3, 0.4) is 0 Å². The fraction of sp³-hybridized carbons (Fsp3) is 0.292. The van der Waals surface area contributed by atoms with E-state index < -0.39 is 12.4 Å². The van der Waals surface area contributed by atoms with Crippen molar-refractivity contribution < 1.29 is 27.8 Å². The molecule has 1 atom stereocenters. The summed E-state index contributed by atoms with van der Waals surface area (Å²) in [7, 11) is 0. The van der Waals surface area contributed by atoms with Crippen molar-refractivity contribution in [1.82, 2.24) is 9.78 Å². The molecule has 168 valence electrons. The first-order chi connectivity index (χ1) is 15.3. The molecular weight excluding hydrogens is 421 g/mol. The fourth-order valence-electron chi connectivity index (χ4n) is 3.68. The van der Waals surface area contributed by atoms with Crippen molar-refractivity contribution in [1.29, 1.82) is 0 Å². The normalized spacial score (nSPS) is 17.2. The minimum absolute atomic E-state index is 0.0169. The Morgan fingerprint density at radius 2 is 2.03 bits per heavy atom. The van der Waals surface area contributed by atoms with Gasteiger partial charge in [0.2, 0.25) is 0 Å². The first-order valence-electron chi connectivity index (χ1n) is 10.4. The Morgan fingerprint density at radius 1 is 1.22 bits per heavy atom. The number of benzene rings is 2. The lowest BCUT2D eigenvalue weighted by Crippen LogP contribution is -2.33. The van der Waals surface area contributed by atoms with Gasteiger partial charge in [-0.05, 0) is 54.3 Å². The molecule has 3 aromatic rings. The number of aliphatic hydroxyl groups is 1. The zero-order valence-corrected chi connectivity index (χ0v) is 17.7. The summed E-state index contributed by atoms with van der Waals surface area (Å²) in [5, 5.41) is 16.2. The molecule has 8 heteroatoms. The van der Waals surface area contributed by atoms with Crippen LogP contribution >= 0.6 is 0 Å². The third-order valence-corrected chi connectivity index (χ3v) is 5.41. The molecule has 2 aromatic carbocycles. The molecule has 1 N–H and O–H groups in total. The molecule has 0 spiro atoms. The lowest BCUT2D eigenvalue weighted by atomic mass is 9.95. The van der Waals surface area contributed by atoms with Crippen LogP contribution in [0.15, 0.2) is 60.6 Å². The van der Waals surface area contributed by atoms with Crippen LogP contribution in [0.25, 0.3) is 16.6 Å². The molecule has 0 bridgehead atoms. The molecular formula is C24H23F3N2O3. The van der Waals surface area contributed by atoms with Gasteiger partial charge in [-0.1, -0.05) is 32.0 Å². The van der Waals surface area contributed by atoms with Crippen molar-refractivity contribution in [2.24, 2.45) is 0 Å². The number of allylic oxidation sites excluding steroid dienone is 4. The molecule has 32 heavy (non-hydrogen) atoms. The number of aromatic nitrogens is 2. The number of hydrogen-bond acceptors (Lipinski definition) is 4. The maximum Gasteiger partial charge on any atom is 0.535 e. The largest absolute Gasteiger partial charge is 0.535 e. The summed E-state index contributed by atoms with van der Waals surface area (Å²) >= 11 is 0. The Kier molecular flexibility index (Phi) is 6.08. The first kappa shape index (κ1) is 22.1. The maximum absolute atomic E-state index is 13.5. The van der Waals surface area contributed by atoms with Crippen molar-refractivity contribution in [3.63, 3.8) is 0 Å². The van der Waals surface area contributed by atoms with E-state index in [1.165, 1.54) is 12.1 Å². The molecule has 4 rings (SSSR count). The molecule has 0 amide bonds. The number of nitrogens with zero attached hydrogens (tertiary/aromatic N) is 2. The molecule has 0 saturated heterocycles. The van der Waals surface area contributed by atoms with Crippen LogP contribution in [0.2, 0.25) is 0 Å². The summed E-state index contributed by atoms with van der Waals surface area (Å²) in [5.74, 6) is -0.230. The quantitative estimate of drug-likeness (QED) is 0.468. The summed E-state index contributed by atoms with van der Waals surface area (Å²) in [4.78, 5) is 0. The second-order valence-electron chi connectivity index (χ2n) is 7.43. The zero-order valence-electron chi connectivity index (χ0n) is 17.7. The van der Waals surface area contributed by atoms with Crippen LogP contribution in [-0.2, 0) is 11.3 Å². The van der Waals surface area contributed by atoms with Crippen LogP contribution in [-0.4, -0.2) is 21.2 Å². The van der Waals surface area contributed by atoms with Crippen LogP contribution in [0.1, 0.15) is 49.5 Å². The topological polar surface area (TPSA) is 56.5 Å². The van der Waals surface area contributed by atoms with Gasteiger partial charge in [0.25, 0.3) is 0 Å². The molecule has 1 aromatic heterocycles. The van der Waals surface area contributed by atoms with Crippen molar-refractivity contribution in [3.05, 3.63) is 77.3 Å². The van der Waals surface area contributed by atoms with Gasteiger partial charge in [-0.2, -0.15) is 5.10 Å². The summed E-state index contributed by atoms with van der Waals surface area (Å²) in [6, 6.07) is 9.98. The Balaban J connectivity index is 1.68. The van der Waals surface area contributed by atoms with Gasteiger partial charge in [-0.3, -0.25) is 4.74 Å². The molecule has 2 heterocycles. The Bertz CT molecular complexity index is 1200. The fourth-order valence-corrected chi connectivity index (χ4v) is 3.68. The Hall–Kier alpha value is -3.10. The SMILES string of the molecule is CC/C(F)=C\C=C(/CC)n1ncc2cc(C(O)c3cccc4c3COC(F)(F)O4)ccc21. The first-order valence-corrected chi connectivity index (χ1v) is 10.4. The summed E-state index contributed by atoms with van der Waals surface area (Å²) in [6.07, 6.45) is 1.03. The van der Waals surface area contributed by atoms with Gasteiger partial charge >= 0.3 is 6.29 Å². The number of alkyl halides is 2. The van der Waals surface area contributed by atoms with E-state index in [9.17, 15) is 18.3 Å². The van der Waals surface area contributed by atoms with Crippen molar-refractivity contribution in [2.45, 2.75) is 45.7 Å². The summed E-state index contributed by atoms with van der Waals surface area (Å²) in [6.45, 7) is 3.33. The predicted octanol–water partition coefficient (Wildman–Crippen LogP) is 6.09. The van der Waals surface area contributed by atoms with Crippen molar-refractivity contribution >= 4 is 16.6 Å². The highest BCUT2D eigenvalue weighted by Gasteiger charge is 2.39. The monoisotopic (exact) mass is 444 g/mol. The number of ether oxygens (including phenoxy) is 2. The van der Waals surface area contributed by atoms with E-state index in [0.29, 0.717) is 29.5 Å². The highest BCUT2D eigenvalue weighted by molar-refractivity contribution is 5.82. The number of hydrogen-bond donors (Lipinski definition) is 1. The average Bonchev–Trinajstić information content (AvgIpc) is 3.20. The zero-order chi connectivity index (χ0) is 22.9. The van der Waals surface area contributed by atoms with Gasteiger partial charge in [-0.15, -0.1) is 8.78 Å². The van der Waals surface area contributed by atoms with Crippen LogP contribution in [0, 0.1) is 0 Å². The number of halogens is 3. The predicted molar refractivity (Wildman–Crippen MR) is 115 cm³/mol. The molecule has 1 aliphatic heterocycles. The van der Waals surface area contributed by atoms with Crippen molar-refractivity contribution in [2.75, 3.05) is 0 Å². The van der Waals surface area contributed by atoms with Gasteiger partial charge in [0.1, 0.15) is 11.9 Å². The van der Waals surface area contributed by atoms with Crippen LogP contribution in [0.4, 0.5) is 13.2 Å². The molecule has 1 aliphatic rings. The highest BCUT2D eigenvalue weighted by Crippen LogP contribution is 2.38. The Labute approximate surface area is 183 Å². The minimum Gasteiger partial charge on any atom is -0.409 e. The van der Waals surface area contributed by atoms with E-state index in [-0.39, 0.29) is 18.2 Å². The molecule has 5 nitrogen and oxygen atoms in total. The second kappa shape index (κ2) is 8.80. The lowest BCUT2D eigenvalue weighted by molar-refractivity contribution is -0.368. The smallest absolute Gasteiger partial charge is 0.409 e. The van der Waals surface area contributed by atoms with E-state index in [2.05, 4.69) is 14.6 Å². The molecule has 0 radical (unpaired) electrons. The van der Waals surface area contributed by atoms with E-state index in [4.69, 9.17) is 0 Å². The Morgan fingerprint density at radius 3 is 2.78 bits per heavy atom. The van der Waals surface area contributed by atoms with Crippen LogP contribution < -0.4 is 4.74 Å². The molecule has 0 fully saturated rings. The lowest BCUT2D eigenvalue weighted by Gasteiger charge is -2.27. The van der Waals surface area contributed by atoms with E-state index >= 15 is 0 Å². The van der Waals surface area contributed by atoms with Crippen LogP contribution in [0.5, 0.6) is 5.75 Å². The van der Waals surface area contributed by atoms with E-state index in [1.807, 2.05) is 13.0 Å². The van der Waals surface area contributed by atoms with E-state index in [1.54, 1.807) is 48.1 Å². The molecule has 0 saturated carbocycles. The minimum atomic E-state index is -3.69. The molecule has 1 unspecified atom stereocenters. The standard InChI is InChI=1S/C24H23F3N2O3/c1-3-17(25)9-10-18(4-2)29-21-11-8-15(12-16(21)13-28-29)23(30)19-6-5-7-22-20(19)14-31-24(26,27)32-22/h5-13,23,30H,3-4,14H2,1-2H3/b17-9+,18-10+. The average molecular weight is 444 g/mol. The number of aliphatic hydroxyl groups excluding tert-OH is 1. The summed E-state index contributed by atoms with van der Waals surface area (Å²) < 4.78 is 51.1. The van der Waals surface area contributed by atoms with E-state index in [0.717, 1.165) is 16.6 Å². The van der Waals surface area contributed by atoms with Gasteiger partial charge in [0, 0.05) is 16.6 Å². The molecule has 0 aliphatic carbocycles. The second-order valence-corrected chi connectivity index (χ2v) is 7.43. The summed E-state index contributed by atoms with van der Waals surface area (Å²) in [5.41, 5.74) is 3.01. The van der Waals surface area contributed by atoms with Gasteiger partial charge in [0.15, 0.2) is 0 Å². The third kappa shape index (κ3) is 4.28. The highest BCUT2D eigenvalue weighted by atomic mass is 19.3. The third-order valence-electron chi connectivity index (χ3n) is 5.41. The van der Waals surface area contributed by atoms with Crippen molar-refractivity contribution in [3.8, 4) is 5.75 Å². The van der Waals surface area contributed by atoms with Gasteiger partial charge < -0.3 is 9.84 Å². The van der Waals surface area contributed by atoms with Gasteiger partial charge in [0.05, 0.1) is 24.1 Å². The number of rotatable bonds is 6. The maximum atomic E-state index is 13.5. The van der Waals surface area contributed by atoms with Gasteiger partial charge in [-0.25, -0.2) is 9.07 Å². The number of fused-ring (bicyclic) bond motifs is 2.